The van der Waals surface area contributed by atoms with E-state index in [9.17, 15) is 4.79 Å². The zero-order valence-electron chi connectivity index (χ0n) is 13.3. The quantitative estimate of drug-likeness (QED) is 0.904. The number of carbonyl (C=O) groups excluding carboxylic acids is 1. The van der Waals surface area contributed by atoms with Gasteiger partial charge in [-0.2, -0.15) is 0 Å². The fraction of sp³-hybridized carbons (Fsp3) is 0.588. The maximum absolute atomic E-state index is 12.1. The van der Waals surface area contributed by atoms with Crippen LogP contribution in [0, 0.1) is 26.7 Å². The highest BCUT2D eigenvalue weighted by molar-refractivity contribution is 5.76. The molecular formula is C17H26N2O2. The van der Waals surface area contributed by atoms with Gasteiger partial charge in [0.25, 0.3) is 0 Å². The van der Waals surface area contributed by atoms with Gasteiger partial charge in [0.1, 0.15) is 5.75 Å². The molecule has 4 heteroatoms. The van der Waals surface area contributed by atoms with E-state index in [1.165, 1.54) is 11.1 Å². The van der Waals surface area contributed by atoms with Gasteiger partial charge in [-0.05, 0) is 62.4 Å². The highest BCUT2D eigenvalue weighted by Crippen LogP contribution is 2.23. The third kappa shape index (κ3) is 3.97. The smallest absolute Gasteiger partial charge is 0.226 e. The SMILES string of the molecule is Cc1cc(C)c(C)c(OCCC(=O)N2CCC(CN)C2)c1. The molecule has 0 aliphatic carbocycles. The fourth-order valence-corrected chi connectivity index (χ4v) is 2.81. The van der Waals surface area contributed by atoms with Crippen LogP contribution in [0.15, 0.2) is 12.1 Å². The number of aryl methyl sites for hydroxylation is 2. The largest absolute Gasteiger partial charge is 0.493 e. The molecule has 1 fully saturated rings. The van der Waals surface area contributed by atoms with Gasteiger partial charge in [-0.3, -0.25) is 4.79 Å². The Morgan fingerprint density at radius 2 is 2.14 bits per heavy atom. The van der Waals surface area contributed by atoms with E-state index in [0.717, 1.165) is 30.8 Å². The summed E-state index contributed by atoms with van der Waals surface area (Å²) in [5, 5.41) is 0. The van der Waals surface area contributed by atoms with Crippen LogP contribution in [-0.4, -0.2) is 37.0 Å². The van der Waals surface area contributed by atoms with E-state index in [-0.39, 0.29) is 5.91 Å². The van der Waals surface area contributed by atoms with Gasteiger partial charge in [-0.1, -0.05) is 6.07 Å². The van der Waals surface area contributed by atoms with E-state index in [4.69, 9.17) is 10.5 Å². The average Bonchev–Trinajstić information content (AvgIpc) is 2.92. The van der Waals surface area contributed by atoms with Crippen molar-refractivity contribution in [3.63, 3.8) is 0 Å². The zero-order valence-corrected chi connectivity index (χ0v) is 13.3. The summed E-state index contributed by atoms with van der Waals surface area (Å²) in [5.41, 5.74) is 9.21. The Labute approximate surface area is 127 Å². The van der Waals surface area contributed by atoms with Crippen LogP contribution in [0.3, 0.4) is 0 Å². The molecule has 1 unspecified atom stereocenters. The third-order valence-corrected chi connectivity index (χ3v) is 4.31. The van der Waals surface area contributed by atoms with Gasteiger partial charge in [-0.15, -0.1) is 0 Å². The highest BCUT2D eigenvalue weighted by atomic mass is 16.5. The summed E-state index contributed by atoms with van der Waals surface area (Å²) in [4.78, 5) is 14.0. The molecule has 1 aromatic rings. The maximum Gasteiger partial charge on any atom is 0.226 e. The number of amides is 1. The summed E-state index contributed by atoms with van der Waals surface area (Å²) in [7, 11) is 0. The Morgan fingerprint density at radius 1 is 1.38 bits per heavy atom. The lowest BCUT2D eigenvalue weighted by Crippen LogP contribution is -2.30. The molecule has 1 aliphatic rings. The van der Waals surface area contributed by atoms with E-state index in [2.05, 4.69) is 26.8 Å². The number of nitrogens with two attached hydrogens (primary N) is 1. The van der Waals surface area contributed by atoms with Gasteiger partial charge in [0.05, 0.1) is 13.0 Å². The molecular weight excluding hydrogens is 264 g/mol. The Bertz CT molecular complexity index is 514. The second-order valence-electron chi connectivity index (χ2n) is 6.03. The Balaban J connectivity index is 1.83. The second kappa shape index (κ2) is 6.94. The molecule has 0 spiro atoms. The first kappa shape index (κ1) is 15.8. The van der Waals surface area contributed by atoms with Gasteiger partial charge >= 0.3 is 0 Å². The van der Waals surface area contributed by atoms with Crippen molar-refractivity contribution in [2.24, 2.45) is 11.7 Å². The topological polar surface area (TPSA) is 55.6 Å². The van der Waals surface area contributed by atoms with E-state index < -0.39 is 0 Å². The molecule has 1 atom stereocenters. The predicted octanol–water partition coefficient (Wildman–Crippen LogP) is 2.19. The number of carbonyl (C=O) groups is 1. The standard InChI is InChI=1S/C17H26N2O2/c1-12-8-13(2)14(3)16(9-12)21-7-5-17(20)19-6-4-15(10-18)11-19/h8-9,15H,4-7,10-11,18H2,1-3H3. The first-order valence-electron chi connectivity index (χ1n) is 7.69. The number of hydrogen-bond acceptors (Lipinski definition) is 3. The minimum Gasteiger partial charge on any atom is -0.493 e. The van der Waals surface area contributed by atoms with Crippen LogP contribution in [0.2, 0.25) is 0 Å². The zero-order chi connectivity index (χ0) is 15.4. The van der Waals surface area contributed by atoms with Crippen molar-refractivity contribution in [1.82, 2.24) is 4.90 Å². The lowest BCUT2D eigenvalue weighted by Gasteiger charge is -2.17. The minimum atomic E-state index is 0.174. The Hall–Kier alpha value is -1.55. The number of rotatable bonds is 5. The molecule has 0 bridgehead atoms. The van der Waals surface area contributed by atoms with Gasteiger partial charge in [-0.25, -0.2) is 0 Å². The number of benzene rings is 1. The van der Waals surface area contributed by atoms with Crippen molar-refractivity contribution in [3.05, 3.63) is 28.8 Å². The number of nitrogens with zero attached hydrogens (tertiary/aromatic N) is 1. The highest BCUT2D eigenvalue weighted by Gasteiger charge is 2.24. The second-order valence-corrected chi connectivity index (χ2v) is 6.03. The van der Waals surface area contributed by atoms with E-state index in [1.54, 1.807) is 0 Å². The van der Waals surface area contributed by atoms with Crippen molar-refractivity contribution in [1.29, 1.82) is 0 Å². The molecule has 1 aromatic carbocycles. The van der Waals surface area contributed by atoms with Crippen molar-refractivity contribution in [2.75, 3.05) is 26.2 Å². The first-order valence-corrected chi connectivity index (χ1v) is 7.69. The lowest BCUT2D eigenvalue weighted by atomic mass is 10.1. The summed E-state index contributed by atoms with van der Waals surface area (Å²) >= 11 is 0. The number of ether oxygens (including phenoxy) is 1. The van der Waals surface area contributed by atoms with Crippen molar-refractivity contribution in [2.45, 2.75) is 33.6 Å². The Kier molecular flexibility index (Phi) is 5.23. The number of hydrogen-bond donors (Lipinski definition) is 1. The van der Waals surface area contributed by atoms with Crippen molar-refractivity contribution in [3.8, 4) is 5.75 Å². The monoisotopic (exact) mass is 290 g/mol. The summed E-state index contributed by atoms with van der Waals surface area (Å²) in [6, 6.07) is 4.18. The molecule has 1 heterocycles. The van der Waals surface area contributed by atoms with Gasteiger partial charge in [0.15, 0.2) is 0 Å². The molecule has 2 N–H and O–H groups in total. The fourth-order valence-electron chi connectivity index (χ4n) is 2.81. The number of likely N-dealkylation sites (tertiary alicyclic amines) is 1. The summed E-state index contributed by atoms with van der Waals surface area (Å²) < 4.78 is 5.81. The molecule has 1 saturated heterocycles. The molecule has 21 heavy (non-hydrogen) atoms. The van der Waals surface area contributed by atoms with E-state index >= 15 is 0 Å². The van der Waals surface area contributed by atoms with E-state index in [0.29, 0.717) is 25.5 Å². The summed E-state index contributed by atoms with van der Waals surface area (Å²) in [5.74, 6) is 1.53. The summed E-state index contributed by atoms with van der Waals surface area (Å²) in [6.45, 7) is 8.94. The van der Waals surface area contributed by atoms with Crippen LogP contribution in [0.25, 0.3) is 0 Å². The van der Waals surface area contributed by atoms with Gasteiger partial charge < -0.3 is 15.4 Å². The molecule has 0 saturated carbocycles. The molecule has 2 rings (SSSR count). The van der Waals surface area contributed by atoms with Crippen LogP contribution in [-0.2, 0) is 4.79 Å². The summed E-state index contributed by atoms with van der Waals surface area (Å²) in [6.07, 6.45) is 1.46. The van der Waals surface area contributed by atoms with Crippen LogP contribution in [0.1, 0.15) is 29.5 Å². The maximum atomic E-state index is 12.1. The molecule has 0 aromatic heterocycles. The van der Waals surface area contributed by atoms with Crippen molar-refractivity contribution >= 4 is 5.91 Å². The van der Waals surface area contributed by atoms with Crippen LogP contribution in [0.5, 0.6) is 5.75 Å². The predicted molar refractivity (Wildman–Crippen MR) is 84.5 cm³/mol. The van der Waals surface area contributed by atoms with Gasteiger partial charge in [0, 0.05) is 13.1 Å². The molecule has 0 radical (unpaired) electrons. The Morgan fingerprint density at radius 3 is 2.81 bits per heavy atom. The van der Waals surface area contributed by atoms with Crippen LogP contribution in [0.4, 0.5) is 0 Å². The average molecular weight is 290 g/mol. The minimum absolute atomic E-state index is 0.174. The molecule has 116 valence electrons. The van der Waals surface area contributed by atoms with E-state index in [1.807, 2.05) is 11.0 Å². The normalized spacial score (nSPS) is 18.1. The lowest BCUT2D eigenvalue weighted by molar-refractivity contribution is -0.130. The molecule has 1 aliphatic heterocycles. The van der Waals surface area contributed by atoms with Crippen LogP contribution >= 0.6 is 0 Å². The third-order valence-electron chi connectivity index (χ3n) is 4.31. The van der Waals surface area contributed by atoms with Gasteiger partial charge in [0.2, 0.25) is 5.91 Å². The molecule has 1 amide bonds. The van der Waals surface area contributed by atoms with Crippen LogP contribution < -0.4 is 10.5 Å². The van der Waals surface area contributed by atoms with Crippen molar-refractivity contribution < 1.29 is 9.53 Å². The first-order chi connectivity index (χ1) is 10.0. The molecule has 4 nitrogen and oxygen atoms in total.